The van der Waals surface area contributed by atoms with Crippen molar-refractivity contribution in [1.29, 1.82) is 0 Å². The molecule has 0 spiro atoms. The molecule has 1 amide bonds. The van der Waals surface area contributed by atoms with Crippen LogP contribution in [0.4, 0.5) is 0 Å². The monoisotopic (exact) mass is 261 g/mol. The number of benzene rings is 1. The summed E-state index contributed by atoms with van der Waals surface area (Å²) in [6, 6.07) is 7.40. The van der Waals surface area contributed by atoms with E-state index in [1.54, 1.807) is 24.3 Å². The van der Waals surface area contributed by atoms with Gasteiger partial charge in [0.25, 0.3) is 0 Å². The Morgan fingerprint density at radius 3 is 2.47 bits per heavy atom. The molecule has 0 unspecified atom stereocenters. The predicted octanol–water partition coefficient (Wildman–Crippen LogP) is 2.33. The summed E-state index contributed by atoms with van der Waals surface area (Å²) in [6.07, 6.45) is 2.66. The number of Topliss-reactive ketones (excluding diaryl/α,β-unsaturated/α-hetero) is 1. The Morgan fingerprint density at radius 2 is 1.89 bits per heavy atom. The third-order valence-electron chi connectivity index (χ3n) is 3.01. The van der Waals surface area contributed by atoms with Crippen molar-refractivity contribution in [2.24, 2.45) is 0 Å². The number of hydrogen-bond acceptors (Lipinski definition) is 3. The number of carbonyl (C=O) groups is 2. The van der Waals surface area contributed by atoms with Crippen molar-refractivity contribution in [3.8, 4) is 5.75 Å². The van der Waals surface area contributed by atoms with Crippen molar-refractivity contribution in [2.75, 3.05) is 6.61 Å². The number of ether oxygens (including phenoxy) is 1. The fourth-order valence-electron chi connectivity index (χ4n) is 1.80. The summed E-state index contributed by atoms with van der Waals surface area (Å²) in [5, 5.41) is 2.88. The molecule has 1 aromatic carbocycles. The molecule has 2 rings (SSSR count). The Labute approximate surface area is 113 Å². The summed E-state index contributed by atoms with van der Waals surface area (Å²) in [5.74, 6) is 0.723. The number of ketones is 1. The molecule has 0 aliphatic heterocycles. The van der Waals surface area contributed by atoms with Crippen LogP contribution >= 0.6 is 0 Å². The Bertz CT molecular complexity index is 449. The second kappa shape index (κ2) is 6.36. The van der Waals surface area contributed by atoms with Crippen LogP contribution in [-0.2, 0) is 4.79 Å². The lowest BCUT2D eigenvalue weighted by Crippen LogP contribution is -2.25. The molecule has 1 aromatic rings. The Hall–Kier alpha value is -1.84. The van der Waals surface area contributed by atoms with Crippen molar-refractivity contribution >= 4 is 11.7 Å². The minimum Gasteiger partial charge on any atom is -0.494 e. The van der Waals surface area contributed by atoms with E-state index in [-0.39, 0.29) is 24.5 Å². The van der Waals surface area contributed by atoms with Gasteiger partial charge in [-0.2, -0.15) is 0 Å². The van der Waals surface area contributed by atoms with Crippen LogP contribution in [0, 0.1) is 0 Å². The first-order chi connectivity index (χ1) is 9.19. The third kappa shape index (κ3) is 4.39. The van der Waals surface area contributed by atoms with Crippen LogP contribution in [0.3, 0.4) is 0 Å². The second-order valence-corrected chi connectivity index (χ2v) is 4.72. The van der Waals surface area contributed by atoms with Gasteiger partial charge in [-0.05, 0) is 44.0 Å². The average Bonchev–Trinajstić information content (AvgIpc) is 3.21. The smallest absolute Gasteiger partial charge is 0.220 e. The van der Waals surface area contributed by atoms with Gasteiger partial charge < -0.3 is 10.1 Å². The maximum Gasteiger partial charge on any atom is 0.220 e. The first-order valence-electron chi connectivity index (χ1n) is 6.74. The number of rotatable bonds is 7. The molecule has 0 radical (unpaired) electrons. The molecule has 4 heteroatoms. The Kier molecular flexibility index (Phi) is 4.55. The fraction of sp³-hybridized carbons (Fsp3) is 0.467. The first kappa shape index (κ1) is 13.6. The third-order valence-corrected chi connectivity index (χ3v) is 3.01. The van der Waals surface area contributed by atoms with Gasteiger partial charge in [0.1, 0.15) is 5.75 Å². The van der Waals surface area contributed by atoms with E-state index in [1.807, 2.05) is 6.92 Å². The van der Waals surface area contributed by atoms with Gasteiger partial charge in [0.2, 0.25) is 5.91 Å². The summed E-state index contributed by atoms with van der Waals surface area (Å²) in [6.45, 7) is 2.52. The van der Waals surface area contributed by atoms with Crippen molar-refractivity contribution in [1.82, 2.24) is 5.32 Å². The standard InChI is InChI=1S/C15H19NO3/c1-2-19-13-7-3-11(4-8-13)14(17)9-10-15(18)16-12-5-6-12/h3-4,7-8,12H,2,5-6,9-10H2,1H3,(H,16,18). The van der Waals surface area contributed by atoms with Crippen LogP contribution in [-0.4, -0.2) is 24.3 Å². The Balaban J connectivity index is 1.79. The van der Waals surface area contributed by atoms with Crippen LogP contribution in [0.1, 0.15) is 43.0 Å². The highest BCUT2D eigenvalue weighted by molar-refractivity contribution is 5.98. The molecule has 0 heterocycles. The van der Waals surface area contributed by atoms with E-state index in [9.17, 15) is 9.59 Å². The molecule has 0 aromatic heterocycles. The number of amides is 1. The van der Waals surface area contributed by atoms with E-state index in [1.165, 1.54) is 0 Å². The SMILES string of the molecule is CCOc1ccc(C(=O)CCC(=O)NC2CC2)cc1. The predicted molar refractivity (Wildman–Crippen MR) is 72.3 cm³/mol. The number of nitrogens with one attached hydrogen (secondary N) is 1. The van der Waals surface area contributed by atoms with Crippen molar-refractivity contribution in [2.45, 2.75) is 38.6 Å². The zero-order valence-corrected chi connectivity index (χ0v) is 11.1. The van der Waals surface area contributed by atoms with Crippen LogP contribution in [0.5, 0.6) is 5.75 Å². The van der Waals surface area contributed by atoms with Gasteiger partial charge in [-0.25, -0.2) is 0 Å². The second-order valence-electron chi connectivity index (χ2n) is 4.72. The lowest BCUT2D eigenvalue weighted by atomic mass is 10.1. The average molecular weight is 261 g/mol. The zero-order valence-electron chi connectivity index (χ0n) is 11.1. The molecule has 102 valence electrons. The minimum absolute atomic E-state index is 0.00556. The maximum atomic E-state index is 11.9. The van der Waals surface area contributed by atoms with Crippen LogP contribution in [0.15, 0.2) is 24.3 Å². The van der Waals surface area contributed by atoms with Gasteiger partial charge in [0.05, 0.1) is 6.61 Å². The minimum atomic E-state index is -0.0261. The molecule has 0 atom stereocenters. The van der Waals surface area contributed by atoms with E-state index in [0.29, 0.717) is 18.2 Å². The molecule has 4 nitrogen and oxygen atoms in total. The Morgan fingerprint density at radius 1 is 1.21 bits per heavy atom. The van der Waals surface area contributed by atoms with Crippen LogP contribution in [0.25, 0.3) is 0 Å². The molecular weight excluding hydrogens is 242 g/mol. The summed E-state index contributed by atoms with van der Waals surface area (Å²) in [5.41, 5.74) is 0.627. The van der Waals surface area contributed by atoms with Gasteiger partial charge in [0.15, 0.2) is 5.78 Å². The first-order valence-corrected chi connectivity index (χ1v) is 6.74. The van der Waals surface area contributed by atoms with E-state index >= 15 is 0 Å². The highest BCUT2D eigenvalue weighted by Gasteiger charge is 2.23. The molecule has 1 N–H and O–H groups in total. The molecule has 1 aliphatic rings. The van der Waals surface area contributed by atoms with E-state index in [4.69, 9.17) is 4.74 Å². The fourth-order valence-corrected chi connectivity index (χ4v) is 1.80. The number of carbonyl (C=O) groups excluding carboxylic acids is 2. The molecule has 0 bridgehead atoms. The molecule has 1 saturated carbocycles. The van der Waals surface area contributed by atoms with Gasteiger partial charge in [0, 0.05) is 24.4 Å². The quantitative estimate of drug-likeness (QED) is 0.766. The van der Waals surface area contributed by atoms with Gasteiger partial charge in [-0.3, -0.25) is 9.59 Å². The molecule has 0 saturated heterocycles. The molecule has 19 heavy (non-hydrogen) atoms. The van der Waals surface area contributed by atoms with Crippen molar-refractivity contribution in [3.63, 3.8) is 0 Å². The van der Waals surface area contributed by atoms with Crippen LogP contribution < -0.4 is 10.1 Å². The van der Waals surface area contributed by atoms with E-state index in [2.05, 4.69) is 5.32 Å². The number of hydrogen-bond donors (Lipinski definition) is 1. The van der Waals surface area contributed by atoms with E-state index < -0.39 is 0 Å². The highest BCUT2D eigenvalue weighted by atomic mass is 16.5. The topological polar surface area (TPSA) is 55.4 Å². The van der Waals surface area contributed by atoms with Crippen molar-refractivity contribution < 1.29 is 14.3 Å². The summed E-state index contributed by atoms with van der Waals surface area (Å²) in [4.78, 5) is 23.4. The van der Waals surface area contributed by atoms with E-state index in [0.717, 1.165) is 18.6 Å². The highest BCUT2D eigenvalue weighted by Crippen LogP contribution is 2.19. The maximum absolute atomic E-state index is 11.9. The summed E-state index contributed by atoms with van der Waals surface area (Å²) < 4.78 is 5.31. The summed E-state index contributed by atoms with van der Waals surface area (Å²) >= 11 is 0. The van der Waals surface area contributed by atoms with Crippen molar-refractivity contribution in [3.05, 3.63) is 29.8 Å². The van der Waals surface area contributed by atoms with Gasteiger partial charge in [-0.1, -0.05) is 0 Å². The summed E-state index contributed by atoms with van der Waals surface area (Å²) in [7, 11) is 0. The lowest BCUT2D eigenvalue weighted by molar-refractivity contribution is -0.121. The lowest BCUT2D eigenvalue weighted by Gasteiger charge is -2.05. The zero-order chi connectivity index (χ0) is 13.7. The van der Waals surface area contributed by atoms with Crippen LogP contribution in [0.2, 0.25) is 0 Å². The molecule has 1 aliphatic carbocycles. The molecular formula is C15H19NO3. The normalized spacial score (nSPS) is 13.9. The van der Waals surface area contributed by atoms with Gasteiger partial charge in [-0.15, -0.1) is 0 Å². The van der Waals surface area contributed by atoms with Gasteiger partial charge >= 0.3 is 0 Å². The largest absolute Gasteiger partial charge is 0.494 e. The molecule has 1 fully saturated rings.